The maximum absolute atomic E-state index is 12.7. The Kier molecular flexibility index (Phi) is 8.25. The molecule has 2 N–H and O–H groups in total. The normalized spacial score (nSPS) is 12.5. The zero-order valence-corrected chi connectivity index (χ0v) is 18.9. The van der Waals surface area contributed by atoms with Gasteiger partial charge in [0.1, 0.15) is 0 Å². The minimum atomic E-state index is -3.68. The van der Waals surface area contributed by atoms with Crippen molar-refractivity contribution < 1.29 is 22.7 Å². The van der Waals surface area contributed by atoms with Crippen molar-refractivity contribution in [1.82, 2.24) is 10.0 Å². The minimum absolute atomic E-state index is 0.0520. The molecule has 0 heterocycles. The second kappa shape index (κ2) is 10.4. The molecular formula is C22H30N2O5S. The molecular weight excluding hydrogens is 404 g/mol. The van der Waals surface area contributed by atoms with Gasteiger partial charge in [0, 0.05) is 11.6 Å². The topological polar surface area (TPSA) is 93.7 Å². The lowest BCUT2D eigenvalue weighted by Crippen LogP contribution is -2.31. The van der Waals surface area contributed by atoms with Crippen LogP contribution in [0.2, 0.25) is 0 Å². The van der Waals surface area contributed by atoms with Gasteiger partial charge in [-0.2, -0.15) is 0 Å². The number of benzene rings is 2. The van der Waals surface area contributed by atoms with Gasteiger partial charge in [-0.15, -0.1) is 0 Å². The maximum Gasteiger partial charge on any atom is 0.251 e. The van der Waals surface area contributed by atoms with E-state index >= 15 is 0 Å². The summed E-state index contributed by atoms with van der Waals surface area (Å²) in [6, 6.07) is 10.9. The summed E-state index contributed by atoms with van der Waals surface area (Å²) in [6.07, 6.45) is 0. The van der Waals surface area contributed by atoms with Crippen LogP contribution in [-0.4, -0.2) is 33.6 Å². The second-order valence-corrected chi connectivity index (χ2v) is 8.79. The number of carbonyl (C=O) groups is 1. The highest BCUT2D eigenvalue weighted by molar-refractivity contribution is 7.89. The van der Waals surface area contributed by atoms with Crippen LogP contribution in [0.4, 0.5) is 0 Å². The molecule has 2 rings (SSSR count). The van der Waals surface area contributed by atoms with E-state index in [2.05, 4.69) is 10.0 Å². The zero-order valence-electron chi connectivity index (χ0n) is 18.1. The van der Waals surface area contributed by atoms with E-state index in [0.29, 0.717) is 24.7 Å². The van der Waals surface area contributed by atoms with Gasteiger partial charge >= 0.3 is 0 Å². The standard InChI is InChI=1S/C22H30N2O5S/c1-6-28-20-12-11-17(14-21(20)29-7-2)16(5)23-22(25)18-9-8-10-19(13-18)30(26,27)24-15(3)4/h8-16,24H,6-7H2,1-5H3,(H,23,25). The van der Waals surface area contributed by atoms with Gasteiger partial charge in [-0.25, -0.2) is 13.1 Å². The molecule has 1 amide bonds. The number of nitrogens with one attached hydrogen (secondary N) is 2. The molecule has 0 bridgehead atoms. The van der Waals surface area contributed by atoms with E-state index in [1.165, 1.54) is 12.1 Å². The molecule has 30 heavy (non-hydrogen) atoms. The third kappa shape index (κ3) is 6.21. The van der Waals surface area contributed by atoms with Gasteiger partial charge in [0.05, 0.1) is 24.2 Å². The molecule has 0 aliphatic carbocycles. The lowest BCUT2D eigenvalue weighted by Gasteiger charge is -2.18. The molecule has 164 valence electrons. The van der Waals surface area contributed by atoms with Crippen LogP contribution in [0, 0.1) is 0 Å². The fraction of sp³-hybridized carbons (Fsp3) is 0.409. The summed E-state index contributed by atoms with van der Waals surface area (Å²) >= 11 is 0. The summed E-state index contributed by atoms with van der Waals surface area (Å²) in [5, 5.41) is 2.90. The second-order valence-electron chi connectivity index (χ2n) is 7.07. The van der Waals surface area contributed by atoms with Gasteiger partial charge in [-0.3, -0.25) is 4.79 Å². The molecule has 0 fully saturated rings. The van der Waals surface area contributed by atoms with E-state index in [4.69, 9.17) is 9.47 Å². The number of sulfonamides is 1. The van der Waals surface area contributed by atoms with E-state index in [1.807, 2.05) is 39.0 Å². The van der Waals surface area contributed by atoms with Crippen molar-refractivity contribution in [2.24, 2.45) is 0 Å². The number of carbonyl (C=O) groups excluding carboxylic acids is 1. The van der Waals surface area contributed by atoms with Gasteiger partial charge in [0.25, 0.3) is 5.91 Å². The fourth-order valence-electron chi connectivity index (χ4n) is 2.88. The van der Waals surface area contributed by atoms with Crippen LogP contribution in [0.25, 0.3) is 0 Å². The van der Waals surface area contributed by atoms with Crippen LogP contribution in [0.5, 0.6) is 11.5 Å². The number of hydrogen-bond donors (Lipinski definition) is 2. The molecule has 0 aliphatic heterocycles. The van der Waals surface area contributed by atoms with Crippen molar-refractivity contribution in [3.8, 4) is 11.5 Å². The largest absolute Gasteiger partial charge is 0.490 e. The number of hydrogen-bond acceptors (Lipinski definition) is 5. The molecule has 1 unspecified atom stereocenters. The molecule has 0 aromatic heterocycles. The summed E-state index contributed by atoms with van der Waals surface area (Å²) in [4.78, 5) is 12.8. The SMILES string of the molecule is CCOc1ccc(C(C)NC(=O)c2cccc(S(=O)(=O)NC(C)C)c2)cc1OCC. The molecule has 1 atom stereocenters. The van der Waals surface area contributed by atoms with Crippen LogP contribution in [-0.2, 0) is 10.0 Å². The van der Waals surface area contributed by atoms with E-state index in [9.17, 15) is 13.2 Å². The van der Waals surface area contributed by atoms with Crippen LogP contribution < -0.4 is 19.5 Å². The van der Waals surface area contributed by atoms with Crippen molar-refractivity contribution in [3.05, 3.63) is 53.6 Å². The predicted octanol–water partition coefficient (Wildman–Crippen LogP) is 3.66. The van der Waals surface area contributed by atoms with Crippen molar-refractivity contribution in [2.75, 3.05) is 13.2 Å². The lowest BCUT2D eigenvalue weighted by atomic mass is 10.1. The summed E-state index contributed by atoms with van der Waals surface area (Å²) in [5.41, 5.74) is 1.12. The molecule has 7 nitrogen and oxygen atoms in total. The Morgan fingerprint density at radius 1 is 0.967 bits per heavy atom. The van der Waals surface area contributed by atoms with Gasteiger partial charge < -0.3 is 14.8 Å². The first-order chi connectivity index (χ1) is 14.2. The quantitative estimate of drug-likeness (QED) is 0.595. The Morgan fingerprint density at radius 3 is 2.27 bits per heavy atom. The highest BCUT2D eigenvalue weighted by Crippen LogP contribution is 2.30. The van der Waals surface area contributed by atoms with E-state index in [1.54, 1.807) is 26.0 Å². The van der Waals surface area contributed by atoms with Crippen molar-refractivity contribution >= 4 is 15.9 Å². The average Bonchev–Trinajstić information content (AvgIpc) is 2.68. The third-order valence-electron chi connectivity index (χ3n) is 4.21. The van der Waals surface area contributed by atoms with E-state index in [0.717, 1.165) is 5.56 Å². The first-order valence-corrected chi connectivity index (χ1v) is 11.5. The Morgan fingerprint density at radius 2 is 1.63 bits per heavy atom. The first-order valence-electron chi connectivity index (χ1n) is 10.0. The van der Waals surface area contributed by atoms with Crippen LogP contribution in [0.1, 0.15) is 56.6 Å². The summed E-state index contributed by atoms with van der Waals surface area (Å²) in [5.74, 6) is 0.902. The number of amides is 1. The van der Waals surface area contributed by atoms with Gasteiger partial charge in [0.15, 0.2) is 11.5 Å². The summed E-state index contributed by atoms with van der Waals surface area (Å²) in [6.45, 7) is 10.1. The molecule has 2 aromatic carbocycles. The summed E-state index contributed by atoms with van der Waals surface area (Å²) in [7, 11) is -3.68. The Hall–Kier alpha value is -2.58. The molecule has 0 radical (unpaired) electrons. The van der Waals surface area contributed by atoms with Crippen LogP contribution in [0.3, 0.4) is 0 Å². The van der Waals surface area contributed by atoms with Crippen molar-refractivity contribution in [3.63, 3.8) is 0 Å². The monoisotopic (exact) mass is 434 g/mol. The van der Waals surface area contributed by atoms with Crippen molar-refractivity contribution in [2.45, 2.75) is 51.6 Å². The first kappa shape index (κ1) is 23.7. The van der Waals surface area contributed by atoms with Gasteiger partial charge in [-0.05, 0) is 70.5 Å². The molecule has 2 aromatic rings. The fourth-order valence-corrected chi connectivity index (χ4v) is 4.18. The van der Waals surface area contributed by atoms with E-state index < -0.39 is 10.0 Å². The lowest BCUT2D eigenvalue weighted by molar-refractivity contribution is 0.0939. The highest BCUT2D eigenvalue weighted by atomic mass is 32.2. The van der Waals surface area contributed by atoms with Crippen molar-refractivity contribution in [1.29, 1.82) is 0 Å². The number of ether oxygens (including phenoxy) is 2. The van der Waals surface area contributed by atoms with Gasteiger partial charge in [0.2, 0.25) is 10.0 Å². The average molecular weight is 435 g/mol. The maximum atomic E-state index is 12.7. The highest BCUT2D eigenvalue weighted by Gasteiger charge is 2.19. The Labute approximate surface area is 178 Å². The van der Waals surface area contributed by atoms with Crippen LogP contribution >= 0.6 is 0 Å². The molecule has 8 heteroatoms. The zero-order chi connectivity index (χ0) is 22.3. The minimum Gasteiger partial charge on any atom is -0.490 e. The summed E-state index contributed by atoms with van der Waals surface area (Å²) < 4.78 is 38.5. The Bertz CT molecular complexity index is 973. The van der Waals surface area contributed by atoms with Crippen LogP contribution in [0.15, 0.2) is 47.4 Å². The van der Waals surface area contributed by atoms with Gasteiger partial charge in [-0.1, -0.05) is 12.1 Å². The molecule has 0 spiro atoms. The molecule has 0 saturated carbocycles. The number of rotatable bonds is 10. The molecule has 0 saturated heterocycles. The smallest absolute Gasteiger partial charge is 0.251 e. The van der Waals surface area contributed by atoms with E-state index in [-0.39, 0.29) is 28.4 Å². The predicted molar refractivity (Wildman–Crippen MR) is 117 cm³/mol. The third-order valence-corrected chi connectivity index (χ3v) is 5.87. The Balaban J connectivity index is 2.20. The molecule has 0 aliphatic rings.